The van der Waals surface area contributed by atoms with Gasteiger partial charge in [0.1, 0.15) is 0 Å². The van der Waals surface area contributed by atoms with Gasteiger partial charge in [-0.1, -0.05) is 6.92 Å². The zero-order chi connectivity index (χ0) is 9.61. The van der Waals surface area contributed by atoms with Crippen molar-refractivity contribution in [3.8, 4) is 0 Å². The van der Waals surface area contributed by atoms with Crippen LogP contribution in [0.2, 0.25) is 0 Å². The maximum Gasteiger partial charge on any atom is 0.190 e. The third-order valence-electron chi connectivity index (χ3n) is 1.09. The summed E-state index contributed by atoms with van der Waals surface area (Å²) >= 11 is 0. The Kier molecular flexibility index (Phi) is 5.46. The predicted molar refractivity (Wildman–Crippen MR) is 47.6 cm³/mol. The molecule has 74 valence electrons. The second kappa shape index (κ2) is 5.51. The van der Waals surface area contributed by atoms with Crippen LogP contribution < -0.4 is 0 Å². The molecule has 0 aliphatic rings. The molecule has 0 amide bonds. The van der Waals surface area contributed by atoms with Crippen LogP contribution in [0.5, 0.6) is 0 Å². The van der Waals surface area contributed by atoms with Crippen molar-refractivity contribution in [2.24, 2.45) is 0 Å². The highest BCUT2D eigenvalue weighted by molar-refractivity contribution is 4.54. The summed E-state index contributed by atoms with van der Waals surface area (Å²) in [7, 11) is 0. The Hall–Kier alpha value is -0.120. The van der Waals surface area contributed by atoms with E-state index >= 15 is 0 Å². The third-order valence-corrected chi connectivity index (χ3v) is 1.09. The van der Waals surface area contributed by atoms with Crippen molar-refractivity contribution in [1.82, 2.24) is 0 Å². The topological polar surface area (TPSA) is 27.7 Å². The molecule has 3 heteroatoms. The van der Waals surface area contributed by atoms with Gasteiger partial charge in [0.25, 0.3) is 0 Å². The summed E-state index contributed by atoms with van der Waals surface area (Å²) in [6.45, 7) is 10.4. The van der Waals surface area contributed by atoms with Crippen LogP contribution >= 0.6 is 0 Å². The molecule has 0 saturated heterocycles. The highest BCUT2D eigenvalue weighted by atomic mass is 17.2. The average molecular weight is 176 g/mol. The largest absolute Gasteiger partial charge is 0.350 e. The first-order chi connectivity index (χ1) is 5.49. The van der Waals surface area contributed by atoms with Crippen molar-refractivity contribution in [3.05, 3.63) is 0 Å². The maximum absolute atomic E-state index is 5.24. The molecule has 0 fully saturated rings. The molecule has 0 heterocycles. The van der Waals surface area contributed by atoms with Gasteiger partial charge in [-0.15, -0.1) is 0 Å². The highest BCUT2D eigenvalue weighted by Crippen LogP contribution is 2.11. The number of hydrogen-bond acceptors (Lipinski definition) is 3. The van der Waals surface area contributed by atoms with E-state index in [0.717, 1.165) is 6.42 Å². The van der Waals surface area contributed by atoms with Crippen LogP contribution in [0.25, 0.3) is 0 Å². The monoisotopic (exact) mass is 176 g/mol. The molecule has 0 N–H and O–H groups in total. The fourth-order valence-electron chi connectivity index (χ4n) is 0.598. The second-order valence-corrected chi connectivity index (χ2v) is 3.59. The Morgan fingerprint density at radius 2 is 1.75 bits per heavy atom. The minimum Gasteiger partial charge on any atom is -0.350 e. The van der Waals surface area contributed by atoms with Crippen LogP contribution in [0.4, 0.5) is 0 Å². The smallest absolute Gasteiger partial charge is 0.190 e. The third kappa shape index (κ3) is 6.58. The van der Waals surface area contributed by atoms with Gasteiger partial charge in [-0.2, -0.15) is 0 Å². The summed E-state index contributed by atoms with van der Waals surface area (Å²) in [5.41, 5.74) is -0.273. The van der Waals surface area contributed by atoms with E-state index in [0.29, 0.717) is 6.61 Å². The van der Waals surface area contributed by atoms with Gasteiger partial charge in [0.2, 0.25) is 0 Å². The summed E-state index contributed by atoms with van der Waals surface area (Å²) in [6.07, 6.45) is 0.554. The van der Waals surface area contributed by atoms with E-state index in [4.69, 9.17) is 14.5 Å². The van der Waals surface area contributed by atoms with E-state index in [9.17, 15) is 0 Å². The van der Waals surface area contributed by atoms with Gasteiger partial charge in [-0.3, -0.25) is 0 Å². The normalized spacial score (nSPS) is 14.8. The second-order valence-electron chi connectivity index (χ2n) is 3.59. The highest BCUT2D eigenvalue weighted by Gasteiger charge is 2.15. The van der Waals surface area contributed by atoms with Crippen LogP contribution in [0.3, 0.4) is 0 Å². The van der Waals surface area contributed by atoms with Crippen molar-refractivity contribution >= 4 is 0 Å². The molecule has 12 heavy (non-hydrogen) atoms. The van der Waals surface area contributed by atoms with Crippen molar-refractivity contribution < 1.29 is 14.5 Å². The van der Waals surface area contributed by atoms with E-state index in [1.165, 1.54) is 0 Å². The average Bonchev–Trinajstić information content (AvgIpc) is 1.96. The number of ether oxygens (including phenoxy) is 1. The van der Waals surface area contributed by atoms with Crippen LogP contribution in [0.15, 0.2) is 0 Å². The Bertz CT molecular complexity index is 107. The van der Waals surface area contributed by atoms with Crippen LogP contribution in [0, 0.1) is 0 Å². The van der Waals surface area contributed by atoms with Crippen LogP contribution in [0.1, 0.15) is 41.0 Å². The van der Waals surface area contributed by atoms with E-state index in [1.807, 2.05) is 34.6 Å². The zero-order valence-corrected chi connectivity index (χ0v) is 8.72. The first kappa shape index (κ1) is 11.9. The maximum atomic E-state index is 5.24. The van der Waals surface area contributed by atoms with E-state index in [-0.39, 0.29) is 11.9 Å². The summed E-state index contributed by atoms with van der Waals surface area (Å²) < 4.78 is 5.24. The molecule has 0 aromatic heterocycles. The molecule has 0 aliphatic carbocycles. The Labute approximate surface area is 74.9 Å². The standard InChI is InChI=1S/C9H20O3/c1-6-8(10-7-2)11-12-9(3,4)5/h8H,6-7H2,1-5H3. The predicted octanol–water partition coefficient (Wildman–Crippen LogP) is 2.51. The molecule has 1 unspecified atom stereocenters. The molecule has 0 rings (SSSR count). The lowest BCUT2D eigenvalue weighted by atomic mass is 10.2. The molecular formula is C9H20O3. The van der Waals surface area contributed by atoms with E-state index in [1.54, 1.807) is 0 Å². The lowest BCUT2D eigenvalue weighted by Crippen LogP contribution is -2.25. The lowest BCUT2D eigenvalue weighted by Gasteiger charge is -2.22. The molecule has 0 bridgehead atoms. The lowest BCUT2D eigenvalue weighted by molar-refractivity contribution is -0.415. The van der Waals surface area contributed by atoms with E-state index < -0.39 is 0 Å². The van der Waals surface area contributed by atoms with Crippen LogP contribution in [-0.4, -0.2) is 18.5 Å². The van der Waals surface area contributed by atoms with Gasteiger partial charge in [-0.25, -0.2) is 9.78 Å². The summed E-state index contributed by atoms with van der Waals surface area (Å²) in [5.74, 6) is 0. The first-order valence-corrected chi connectivity index (χ1v) is 4.45. The summed E-state index contributed by atoms with van der Waals surface area (Å²) in [4.78, 5) is 10.2. The van der Waals surface area contributed by atoms with Gasteiger partial charge in [0, 0.05) is 6.61 Å². The molecule has 1 atom stereocenters. The molecule has 0 aromatic carbocycles. The van der Waals surface area contributed by atoms with Gasteiger partial charge in [0.05, 0.1) is 5.60 Å². The molecule has 3 nitrogen and oxygen atoms in total. The number of hydrogen-bond donors (Lipinski definition) is 0. The fraction of sp³-hybridized carbons (Fsp3) is 1.00. The molecular weight excluding hydrogens is 156 g/mol. The molecule has 0 aliphatic heterocycles. The van der Waals surface area contributed by atoms with Gasteiger partial charge in [0.15, 0.2) is 6.29 Å². The van der Waals surface area contributed by atoms with E-state index in [2.05, 4.69) is 0 Å². The van der Waals surface area contributed by atoms with Crippen molar-refractivity contribution in [1.29, 1.82) is 0 Å². The van der Waals surface area contributed by atoms with Crippen LogP contribution in [-0.2, 0) is 14.5 Å². The quantitative estimate of drug-likeness (QED) is 0.366. The Balaban J connectivity index is 3.58. The summed E-state index contributed by atoms with van der Waals surface area (Å²) in [6, 6.07) is 0. The minimum atomic E-state index is -0.273. The van der Waals surface area contributed by atoms with Crippen molar-refractivity contribution in [2.45, 2.75) is 52.9 Å². The SMILES string of the molecule is CCOC(CC)OOC(C)(C)C. The van der Waals surface area contributed by atoms with Gasteiger partial charge >= 0.3 is 0 Å². The van der Waals surface area contributed by atoms with Crippen molar-refractivity contribution in [3.63, 3.8) is 0 Å². The van der Waals surface area contributed by atoms with Gasteiger partial charge in [-0.05, 0) is 34.1 Å². The first-order valence-electron chi connectivity index (χ1n) is 4.45. The van der Waals surface area contributed by atoms with Gasteiger partial charge < -0.3 is 4.74 Å². The zero-order valence-electron chi connectivity index (χ0n) is 8.72. The molecule has 0 aromatic rings. The fourth-order valence-corrected chi connectivity index (χ4v) is 0.598. The molecule has 0 spiro atoms. The molecule has 0 radical (unpaired) electrons. The summed E-state index contributed by atoms with van der Waals surface area (Å²) in [5, 5.41) is 0. The Morgan fingerprint density at radius 1 is 1.17 bits per heavy atom. The van der Waals surface area contributed by atoms with Crippen molar-refractivity contribution in [2.75, 3.05) is 6.61 Å². The number of rotatable bonds is 5. The Morgan fingerprint density at radius 3 is 2.08 bits per heavy atom. The minimum absolute atomic E-state index is 0.241. The molecule has 0 saturated carbocycles.